The first kappa shape index (κ1) is 12.4. The molecule has 0 amide bonds. The summed E-state index contributed by atoms with van der Waals surface area (Å²) in [5.41, 5.74) is 10.5. The Hall–Kier alpha value is -1.08. The van der Waals surface area contributed by atoms with Crippen LogP contribution >= 0.6 is 0 Å². The number of hydrogen-bond donors (Lipinski definition) is 1. The molecule has 2 rings (SSSR count). The lowest BCUT2D eigenvalue weighted by Gasteiger charge is -2.18. The summed E-state index contributed by atoms with van der Waals surface area (Å²) in [7, 11) is 0. The fourth-order valence-corrected chi connectivity index (χ4v) is 2.49. The number of hydrogen-bond acceptors (Lipinski definition) is 1. The van der Waals surface area contributed by atoms with Gasteiger partial charge in [-0.05, 0) is 49.7 Å². The Bertz CT molecular complexity index is 375. The van der Waals surface area contributed by atoms with Crippen LogP contribution in [0, 0.1) is 0 Å². The highest BCUT2D eigenvalue weighted by atomic mass is 14.6. The topological polar surface area (TPSA) is 26.0 Å². The lowest BCUT2D eigenvalue weighted by atomic mass is 9.91. The van der Waals surface area contributed by atoms with Gasteiger partial charge in [-0.15, -0.1) is 0 Å². The van der Waals surface area contributed by atoms with Gasteiger partial charge in [0.2, 0.25) is 0 Å². The molecule has 1 unspecified atom stereocenters. The van der Waals surface area contributed by atoms with Gasteiger partial charge < -0.3 is 5.73 Å². The number of benzene rings is 1. The van der Waals surface area contributed by atoms with E-state index < -0.39 is 0 Å². The van der Waals surface area contributed by atoms with Crippen molar-refractivity contribution in [2.24, 2.45) is 5.73 Å². The van der Waals surface area contributed by atoms with Crippen molar-refractivity contribution in [3.05, 3.63) is 47.0 Å². The molecule has 0 aliphatic heterocycles. The average molecular weight is 229 g/mol. The summed E-state index contributed by atoms with van der Waals surface area (Å²) < 4.78 is 0. The normalized spacial score (nSPS) is 17.6. The SMILES string of the molecule is CCc1ccc(C(N)CC2=CCCCC2)cc1. The quantitative estimate of drug-likeness (QED) is 0.771. The van der Waals surface area contributed by atoms with E-state index in [9.17, 15) is 0 Å². The number of aryl methyl sites for hydroxylation is 1. The molecule has 1 aromatic rings. The van der Waals surface area contributed by atoms with Crippen LogP contribution in [0.4, 0.5) is 0 Å². The second-order valence-electron chi connectivity index (χ2n) is 5.01. The Morgan fingerprint density at radius 3 is 2.53 bits per heavy atom. The molecule has 1 aliphatic rings. The molecule has 17 heavy (non-hydrogen) atoms. The molecule has 0 aromatic heterocycles. The van der Waals surface area contributed by atoms with E-state index in [1.807, 2.05) is 0 Å². The number of rotatable bonds is 4. The van der Waals surface area contributed by atoms with Gasteiger partial charge in [0, 0.05) is 6.04 Å². The molecule has 1 heteroatoms. The zero-order chi connectivity index (χ0) is 12.1. The van der Waals surface area contributed by atoms with Gasteiger partial charge in [-0.1, -0.05) is 42.8 Å². The second kappa shape index (κ2) is 6.02. The fraction of sp³-hybridized carbons (Fsp3) is 0.500. The maximum atomic E-state index is 6.28. The minimum Gasteiger partial charge on any atom is -0.324 e. The second-order valence-corrected chi connectivity index (χ2v) is 5.01. The minimum atomic E-state index is 0.172. The monoisotopic (exact) mass is 229 g/mol. The zero-order valence-electron chi connectivity index (χ0n) is 10.8. The third-order valence-electron chi connectivity index (χ3n) is 3.68. The lowest BCUT2D eigenvalue weighted by molar-refractivity contribution is 0.628. The lowest BCUT2D eigenvalue weighted by Crippen LogP contribution is -2.12. The molecule has 0 spiro atoms. The smallest absolute Gasteiger partial charge is 0.0332 e. The molecule has 2 N–H and O–H groups in total. The maximum absolute atomic E-state index is 6.28. The van der Waals surface area contributed by atoms with E-state index in [4.69, 9.17) is 5.73 Å². The van der Waals surface area contributed by atoms with Gasteiger partial charge in [-0.3, -0.25) is 0 Å². The van der Waals surface area contributed by atoms with E-state index in [1.165, 1.54) is 36.8 Å². The Labute approximate surface area is 105 Å². The van der Waals surface area contributed by atoms with E-state index in [0.29, 0.717) is 0 Å². The van der Waals surface area contributed by atoms with Crippen LogP contribution in [-0.4, -0.2) is 0 Å². The molecule has 0 heterocycles. The molecule has 0 radical (unpaired) electrons. The molecule has 1 atom stereocenters. The highest BCUT2D eigenvalue weighted by Crippen LogP contribution is 2.26. The fourth-order valence-electron chi connectivity index (χ4n) is 2.49. The van der Waals surface area contributed by atoms with Crippen molar-refractivity contribution in [2.75, 3.05) is 0 Å². The molecule has 1 aromatic carbocycles. The molecule has 1 nitrogen and oxygen atoms in total. The zero-order valence-corrected chi connectivity index (χ0v) is 10.8. The maximum Gasteiger partial charge on any atom is 0.0332 e. The summed E-state index contributed by atoms with van der Waals surface area (Å²) in [6.07, 6.45) is 9.71. The van der Waals surface area contributed by atoms with Crippen LogP contribution in [0.2, 0.25) is 0 Å². The molecular formula is C16H23N. The van der Waals surface area contributed by atoms with Crippen molar-refractivity contribution in [3.8, 4) is 0 Å². The van der Waals surface area contributed by atoms with Crippen molar-refractivity contribution in [1.29, 1.82) is 0 Å². The van der Waals surface area contributed by atoms with Crippen LogP contribution < -0.4 is 5.73 Å². The van der Waals surface area contributed by atoms with Gasteiger partial charge in [-0.25, -0.2) is 0 Å². The molecule has 1 aliphatic carbocycles. The molecule has 0 bridgehead atoms. The highest BCUT2D eigenvalue weighted by Gasteiger charge is 2.10. The molecule has 0 fully saturated rings. The minimum absolute atomic E-state index is 0.172. The van der Waals surface area contributed by atoms with Crippen LogP contribution in [-0.2, 0) is 6.42 Å². The van der Waals surface area contributed by atoms with E-state index >= 15 is 0 Å². The number of nitrogens with two attached hydrogens (primary N) is 1. The van der Waals surface area contributed by atoms with Crippen molar-refractivity contribution >= 4 is 0 Å². The average Bonchev–Trinajstić information content (AvgIpc) is 2.40. The Balaban J connectivity index is 1.98. The van der Waals surface area contributed by atoms with Gasteiger partial charge in [-0.2, -0.15) is 0 Å². The van der Waals surface area contributed by atoms with E-state index in [2.05, 4.69) is 37.3 Å². The van der Waals surface area contributed by atoms with Crippen LogP contribution in [0.5, 0.6) is 0 Å². The van der Waals surface area contributed by atoms with Gasteiger partial charge >= 0.3 is 0 Å². The van der Waals surface area contributed by atoms with E-state index in [0.717, 1.165) is 12.8 Å². The largest absolute Gasteiger partial charge is 0.324 e. The van der Waals surface area contributed by atoms with Crippen LogP contribution in [0.3, 0.4) is 0 Å². The first-order valence-corrected chi connectivity index (χ1v) is 6.82. The van der Waals surface area contributed by atoms with Crippen LogP contribution in [0.25, 0.3) is 0 Å². The molecular weight excluding hydrogens is 206 g/mol. The van der Waals surface area contributed by atoms with Crippen molar-refractivity contribution in [2.45, 2.75) is 51.5 Å². The summed E-state index contributed by atoms with van der Waals surface area (Å²) in [5, 5.41) is 0. The summed E-state index contributed by atoms with van der Waals surface area (Å²) in [6, 6.07) is 8.94. The Morgan fingerprint density at radius 2 is 1.94 bits per heavy atom. The van der Waals surface area contributed by atoms with Crippen molar-refractivity contribution in [3.63, 3.8) is 0 Å². The van der Waals surface area contributed by atoms with Crippen LogP contribution in [0.1, 0.15) is 56.2 Å². The highest BCUT2D eigenvalue weighted by molar-refractivity contribution is 5.26. The summed E-state index contributed by atoms with van der Waals surface area (Å²) in [6.45, 7) is 2.18. The van der Waals surface area contributed by atoms with Gasteiger partial charge in [0.1, 0.15) is 0 Å². The predicted molar refractivity (Wildman–Crippen MR) is 73.9 cm³/mol. The van der Waals surface area contributed by atoms with Gasteiger partial charge in [0.05, 0.1) is 0 Å². The molecule has 92 valence electrons. The first-order chi connectivity index (χ1) is 8.29. The van der Waals surface area contributed by atoms with Crippen LogP contribution in [0.15, 0.2) is 35.9 Å². The van der Waals surface area contributed by atoms with E-state index in [1.54, 1.807) is 5.57 Å². The van der Waals surface area contributed by atoms with Crippen molar-refractivity contribution < 1.29 is 0 Å². The first-order valence-electron chi connectivity index (χ1n) is 6.82. The van der Waals surface area contributed by atoms with Crippen molar-refractivity contribution in [1.82, 2.24) is 0 Å². The standard InChI is InChI=1S/C16H23N/c1-2-13-8-10-15(11-9-13)16(17)12-14-6-4-3-5-7-14/h6,8-11,16H,2-5,7,12,17H2,1H3. The van der Waals surface area contributed by atoms with E-state index in [-0.39, 0.29) is 6.04 Å². The molecule has 0 saturated carbocycles. The summed E-state index contributed by atoms with van der Waals surface area (Å²) >= 11 is 0. The molecule has 0 saturated heterocycles. The van der Waals surface area contributed by atoms with Gasteiger partial charge in [0.15, 0.2) is 0 Å². The number of allylic oxidation sites excluding steroid dienone is 1. The third-order valence-corrected chi connectivity index (χ3v) is 3.68. The summed E-state index contributed by atoms with van der Waals surface area (Å²) in [5.74, 6) is 0. The predicted octanol–water partition coefficient (Wildman–Crippen LogP) is 4.14. The third kappa shape index (κ3) is 3.44. The Morgan fingerprint density at radius 1 is 1.18 bits per heavy atom. The van der Waals surface area contributed by atoms with Gasteiger partial charge in [0.25, 0.3) is 0 Å². The summed E-state index contributed by atoms with van der Waals surface area (Å²) in [4.78, 5) is 0. The Kier molecular flexibility index (Phi) is 4.38.